The maximum Gasteiger partial charge on any atom is 0.338 e. The summed E-state index contributed by atoms with van der Waals surface area (Å²) >= 11 is 0. The summed E-state index contributed by atoms with van der Waals surface area (Å²) < 4.78 is 32.2. The zero-order chi connectivity index (χ0) is 19.4. The molecule has 2 fully saturated rings. The van der Waals surface area contributed by atoms with E-state index >= 15 is 0 Å². The van der Waals surface area contributed by atoms with E-state index < -0.39 is 22.1 Å². The molecular formula is C19H26N2O5S. The van der Waals surface area contributed by atoms with Crippen molar-refractivity contribution in [3.05, 3.63) is 29.8 Å². The molecule has 1 aromatic rings. The van der Waals surface area contributed by atoms with Crippen LogP contribution >= 0.6 is 0 Å². The first-order valence-corrected chi connectivity index (χ1v) is 10.9. The summed E-state index contributed by atoms with van der Waals surface area (Å²) in [6.45, 7) is 2.58. The first-order valence-electron chi connectivity index (χ1n) is 9.49. The van der Waals surface area contributed by atoms with E-state index in [1.807, 2.05) is 0 Å². The van der Waals surface area contributed by atoms with E-state index in [-0.39, 0.29) is 22.4 Å². The van der Waals surface area contributed by atoms with Gasteiger partial charge in [0.05, 0.1) is 10.5 Å². The van der Waals surface area contributed by atoms with Crippen molar-refractivity contribution in [3.8, 4) is 0 Å². The van der Waals surface area contributed by atoms with Gasteiger partial charge in [0.1, 0.15) is 0 Å². The molecule has 3 rings (SSSR count). The Morgan fingerprint density at radius 3 is 2.22 bits per heavy atom. The molecule has 27 heavy (non-hydrogen) atoms. The van der Waals surface area contributed by atoms with Crippen LogP contribution in [0.4, 0.5) is 0 Å². The van der Waals surface area contributed by atoms with Crippen molar-refractivity contribution in [2.45, 2.75) is 62.5 Å². The van der Waals surface area contributed by atoms with Gasteiger partial charge in [0.2, 0.25) is 10.0 Å². The number of sulfonamides is 1. The molecule has 1 saturated carbocycles. The fraction of sp³-hybridized carbons (Fsp3) is 0.579. The number of rotatable bonds is 6. The van der Waals surface area contributed by atoms with Crippen LogP contribution in [0.25, 0.3) is 0 Å². The molecule has 1 aliphatic carbocycles. The van der Waals surface area contributed by atoms with E-state index in [1.54, 1.807) is 0 Å². The second-order valence-electron chi connectivity index (χ2n) is 7.17. The molecule has 1 atom stereocenters. The highest BCUT2D eigenvalue weighted by molar-refractivity contribution is 7.89. The molecule has 1 saturated heterocycles. The number of hydrogen-bond donors (Lipinski definition) is 1. The van der Waals surface area contributed by atoms with Crippen LogP contribution in [0, 0.1) is 0 Å². The second kappa shape index (κ2) is 8.39. The minimum absolute atomic E-state index is 0.167. The normalized spacial score (nSPS) is 19.7. The maximum absolute atomic E-state index is 12.8. The lowest BCUT2D eigenvalue weighted by Gasteiger charge is -2.20. The van der Waals surface area contributed by atoms with Gasteiger partial charge in [-0.1, -0.05) is 12.8 Å². The zero-order valence-corrected chi connectivity index (χ0v) is 16.3. The fourth-order valence-electron chi connectivity index (χ4n) is 3.02. The standard InChI is InChI=1S/C19H26N2O5S/c1-14(18(22)20-16-8-9-16)26-19(23)15-6-10-17(11-7-15)27(24,25)21-12-4-2-3-5-13-21/h6-7,10-11,14,16H,2-5,8-9,12-13H2,1H3,(H,20,22). The molecule has 7 nitrogen and oxygen atoms in total. The maximum atomic E-state index is 12.8. The van der Waals surface area contributed by atoms with Crippen molar-refractivity contribution in [1.29, 1.82) is 0 Å². The molecule has 0 bridgehead atoms. The van der Waals surface area contributed by atoms with Crippen LogP contribution in [0.15, 0.2) is 29.2 Å². The van der Waals surface area contributed by atoms with Crippen molar-refractivity contribution in [2.24, 2.45) is 0 Å². The number of benzene rings is 1. The number of esters is 1. The quantitative estimate of drug-likeness (QED) is 0.746. The van der Waals surface area contributed by atoms with E-state index in [2.05, 4.69) is 5.32 Å². The Labute approximate surface area is 160 Å². The predicted octanol–water partition coefficient (Wildman–Crippen LogP) is 2.08. The van der Waals surface area contributed by atoms with Gasteiger partial charge in [0, 0.05) is 19.1 Å². The molecule has 1 aromatic carbocycles. The number of carbonyl (C=O) groups is 2. The van der Waals surface area contributed by atoms with Crippen LogP contribution < -0.4 is 5.32 Å². The van der Waals surface area contributed by atoms with Gasteiger partial charge in [-0.2, -0.15) is 4.31 Å². The van der Waals surface area contributed by atoms with E-state index in [1.165, 1.54) is 35.5 Å². The Kier molecular flexibility index (Phi) is 6.16. The molecular weight excluding hydrogens is 368 g/mol. The van der Waals surface area contributed by atoms with Crippen LogP contribution in [-0.2, 0) is 19.6 Å². The van der Waals surface area contributed by atoms with Gasteiger partial charge in [0.15, 0.2) is 6.10 Å². The fourth-order valence-corrected chi connectivity index (χ4v) is 4.54. The summed E-state index contributed by atoms with van der Waals surface area (Å²) in [6.07, 6.45) is 4.85. The van der Waals surface area contributed by atoms with Gasteiger partial charge in [-0.05, 0) is 56.9 Å². The van der Waals surface area contributed by atoms with Crippen LogP contribution in [-0.4, -0.2) is 49.8 Å². The van der Waals surface area contributed by atoms with E-state index in [4.69, 9.17) is 4.74 Å². The lowest BCUT2D eigenvalue weighted by molar-refractivity contribution is -0.129. The average Bonchev–Trinajstić information content (AvgIpc) is 3.48. The zero-order valence-electron chi connectivity index (χ0n) is 15.5. The Balaban J connectivity index is 1.63. The Hall–Kier alpha value is -1.93. The molecule has 0 aromatic heterocycles. The Bertz CT molecular complexity index is 779. The third-order valence-corrected chi connectivity index (χ3v) is 6.78. The topological polar surface area (TPSA) is 92.8 Å². The minimum atomic E-state index is -3.55. The Morgan fingerprint density at radius 2 is 1.67 bits per heavy atom. The second-order valence-corrected chi connectivity index (χ2v) is 9.11. The lowest BCUT2D eigenvalue weighted by atomic mass is 10.2. The van der Waals surface area contributed by atoms with Gasteiger partial charge < -0.3 is 10.1 Å². The summed E-state index contributed by atoms with van der Waals surface area (Å²) in [7, 11) is -3.55. The molecule has 1 unspecified atom stereocenters. The minimum Gasteiger partial charge on any atom is -0.449 e. The third kappa shape index (κ3) is 5.07. The van der Waals surface area contributed by atoms with Gasteiger partial charge in [0.25, 0.3) is 5.91 Å². The van der Waals surface area contributed by atoms with Crippen molar-refractivity contribution in [1.82, 2.24) is 9.62 Å². The van der Waals surface area contributed by atoms with E-state index in [0.717, 1.165) is 38.5 Å². The molecule has 2 aliphatic rings. The lowest BCUT2D eigenvalue weighted by Crippen LogP contribution is -2.37. The van der Waals surface area contributed by atoms with Crippen LogP contribution in [0.5, 0.6) is 0 Å². The van der Waals surface area contributed by atoms with Gasteiger partial charge in [-0.25, -0.2) is 13.2 Å². The molecule has 0 radical (unpaired) electrons. The van der Waals surface area contributed by atoms with Gasteiger partial charge >= 0.3 is 5.97 Å². The highest BCUT2D eigenvalue weighted by Gasteiger charge is 2.28. The first-order chi connectivity index (χ1) is 12.9. The van der Waals surface area contributed by atoms with Crippen molar-refractivity contribution in [2.75, 3.05) is 13.1 Å². The number of ether oxygens (including phenoxy) is 1. The summed E-state index contributed by atoms with van der Waals surface area (Å²) in [5.74, 6) is -0.960. The van der Waals surface area contributed by atoms with E-state index in [0.29, 0.717) is 13.1 Å². The summed E-state index contributed by atoms with van der Waals surface area (Å²) in [6, 6.07) is 5.90. The molecule has 1 heterocycles. The summed E-state index contributed by atoms with van der Waals surface area (Å²) in [5.41, 5.74) is 0.218. The van der Waals surface area contributed by atoms with Crippen molar-refractivity contribution < 1.29 is 22.7 Å². The number of amides is 1. The molecule has 8 heteroatoms. The number of hydrogen-bond acceptors (Lipinski definition) is 5. The van der Waals surface area contributed by atoms with Gasteiger partial charge in [-0.3, -0.25) is 4.79 Å². The monoisotopic (exact) mass is 394 g/mol. The molecule has 1 N–H and O–H groups in total. The Morgan fingerprint density at radius 1 is 1.07 bits per heavy atom. The average molecular weight is 394 g/mol. The highest BCUT2D eigenvalue weighted by atomic mass is 32.2. The third-order valence-electron chi connectivity index (χ3n) is 4.87. The van der Waals surface area contributed by atoms with Crippen molar-refractivity contribution in [3.63, 3.8) is 0 Å². The summed E-state index contributed by atoms with van der Waals surface area (Å²) in [4.78, 5) is 24.2. The smallest absolute Gasteiger partial charge is 0.338 e. The highest BCUT2D eigenvalue weighted by Crippen LogP contribution is 2.21. The summed E-state index contributed by atoms with van der Waals surface area (Å²) in [5, 5.41) is 2.78. The number of carbonyl (C=O) groups excluding carboxylic acids is 2. The molecule has 1 aliphatic heterocycles. The molecule has 1 amide bonds. The van der Waals surface area contributed by atoms with Crippen molar-refractivity contribution >= 4 is 21.9 Å². The van der Waals surface area contributed by atoms with Crippen LogP contribution in [0.3, 0.4) is 0 Å². The predicted molar refractivity (Wildman–Crippen MR) is 99.7 cm³/mol. The molecule has 0 spiro atoms. The number of nitrogens with zero attached hydrogens (tertiary/aromatic N) is 1. The first kappa shape index (κ1) is 19.8. The number of nitrogens with one attached hydrogen (secondary N) is 1. The largest absolute Gasteiger partial charge is 0.449 e. The van der Waals surface area contributed by atoms with Crippen LogP contribution in [0.2, 0.25) is 0 Å². The van der Waals surface area contributed by atoms with Crippen LogP contribution in [0.1, 0.15) is 55.8 Å². The SMILES string of the molecule is CC(OC(=O)c1ccc(S(=O)(=O)N2CCCCCC2)cc1)C(=O)NC1CC1. The van der Waals surface area contributed by atoms with Gasteiger partial charge in [-0.15, -0.1) is 0 Å². The molecule has 148 valence electrons. The van der Waals surface area contributed by atoms with E-state index in [9.17, 15) is 18.0 Å².